The molecule has 2 aromatic rings. The molecule has 0 spiro atoms. The predicted octanol–water partition coefficient (Wildman–Crippen LogP) is 2.38. The van der Waals surface area contributed by atoms with Crippen LogP contribution in [-0.4, -0.2) is 39.3 Å². The lowest BCUT2D eigenvalue weighted by atomic mass is 9.93. The predicted molar refractivity (Wildman–Crippen MR) is 91.2 cm³/mol. The van der Waals surface area contributed by atoms with Crippen molar-refractivity contribution in [2.75, 3.05) is 13.1 Å². The Labute approximate surface area is 137 Å². The van der Waals surface area contributed by atoms with E-state index in [1.807, 2.05) is 18.0 Å². The first kappa shape index (κ1) is 16.0. The molecule has 1 aliphatic heterocycles. The van der Waals surface area contributed by atoms with Gasteiger partial charge in [-0.25, -0.2) is 4.98 Å². The van der Waals surface area contributed by atoms with Gasteiger partial charge in [-0.05, 0) is 37.0 Å². The number of aryl methyl sites for hydroxylation is 1. The fraction of sp³-hybridized carbons (Fsp3) is 0.556. The highest BCUT2D eigenvalue weighted by Crippen LogP contribution is 2.18. The standard InChI is InChI=1S/C18H26N4O/c1-4-18(23)21-7-6-16(14(3)12-21)19-10-15-11-20-17-9-13(2)5-8-22(15)17/h5,8-9,11,14,16,19H,4,6-7,10,12H2,1-3H3/t14-,16+/m0/s1. The highest BCUT2D eigenvalue weighted by atomic mass is 16.2. The summed E-state index contributed by atoms with van der Waals surface area (Å²) < 4.78 is 2.14. The van der Waals surface area contributed by atoms with E-state index in [9.17, 15) is 4.79 Å². The molecule has 1 saturated heterocycles. The molecule has 5 heteroatoms. The van der Waals surface area contributed by atoms with Crippen LogP contribution in [0.1, 0.15) is 37.9 Å². The van der Waals surface area contributed by atoms with Gasteiger partial charge in [-0.2, -0.15) is 0 Å². The fourth-order valence-corrected chi connectivity index (χ4v) is 3.40. The van der Waals surface area contributed by atoms with Crippen LogP contribution in [0.3, 0.4) is 0 Å². The summed E-state index contributed by atoms with van der Waals surface area (Å²) in [7, 11) is 0. The van der Waals surface area contributed by atoms with Crippen molar-refractivity contribution in [1.29, 1.82) is 0 Å². The summed E-state index contributed by atoms with van der Waals surface area (Å²) in [5.74, 6) is 0.744. The second-order valence-corrected chi connectivity index (χ2v) is 6.63. The minimum absolute atomic E-state index is 0.271. The van der Waals surface area contributed by atoms with Gasteiger partial charge >= 0.3 is 0 Å². The smallest absolute Gasteiger partial charge is 0.222 e. The Hall–Kier alpha value is -1.88. The van der Waals surface area contributed by atoms with E-state index in [1.165, 1.54) is 11.3 Å². The highest BCUT2D eigenvalue weighted by molar-refractivity contribution is 5.75. The SMILES string of the molecule is CCC(=O)N1CC[C@@H](NCc2cnc3cc(C)ccn23)[C@@H](C)C1. The lowest BCUT2D eigenvalue weighted by molar-refractivity contribution is -0.132. The number of carbonyl (C=O) groups excluding carboxylic acids is 1. The number of nitrogens with one attached hydrogen (secondary N) is 1. The maximum atomic E-state index is 11.8. The molecule has 0 unspecified atom stereocenters. The van der Waals surface area contributed by atoms with E-state index in [1.54, 1.807) is 0 Å². The molecule has 0 aliphatic carbocycles. The zero-order valence-electron chi connectivity index (χ0n) is 14.2. The number of carbonyl (C=O) groups is 1. The van der Waals surface area contributed by atoms with Crippen LogP contribution in [0.5, 0.6) is 0 Å². The Morgan fingerprint density at radius 3 is 3.04 bits per heavy atom. The Bertz CT molecular complexity index is 693. The van der Waals surface area contributed by atoms with E-state index in [2.05, 4.69) is 46.9 Å². The van der Waals surface area contributed by atoms with Crippen molar-refractivity contribution in [3.8, 4) is 0 Å². The summed E-state index contributed by atoms with van der Waals surface area (Å²) in [5, 5.41) is 3.66. The number of imidazole rings is 1. The van der Waals surface area contributed by atoms with Crippen LogP contribution in [0.25, 0.3) is 5.65 Å². The maximum Gasteiger partial charge on any atom is 0.222 e. The molecule has 2 atom stereocenters. The number of piperidine rings is 1. The third-order valence-electron chi connectivity index (χ3n) is 4.85. The van der Waals surface area contributed by atoms with Crippen molar-refractivity contribution in [3.05, 3.63) is 35.8 Å². The molecule has 1 N–H and O–H groups in total. The second-order valence-electron chi connectivity index (χ2n) is 6.63. The Morgan fingerprint density at radius 2 is 2.30 bits per heavy atom. The normalized spacial score (nSPS) is 21.8. The van der Waals surface area contributed by atoms with Gasteiger partial charge in [0.1, 0.15) is 5.65 Å². The molecular formula is C18H26N4O. The summed E-state index contributed by atoms with van der Waals surface area (Å²) in [4.78, 5) is 18.3. The van der Waals surface area contributed by atoms with Crippen molar-refractivity contribution in [2.24, 2.45) is 5.92 Å². The molecule has 1 fully saturated rings. The molecule has 0 radical (unpaired) electrons. The number of nitrogens with zero attached hydrogens (tertiary/aromatic N) is 3. The molecule has 2 aromatic heterocycles. The number of hydrogen-bond acceptors (Lipinski definition) is 3. The lowest BCUT2D eigenvalue weighted by Gasteiger charge is -2.37. The van der Waals surface area contributed by atoms with Crippen LogP contribution >= 0.6 is 0 Å². The summed E-state index contributed by atoms with van der Waals surface area (Å²) in [6, 6.07) is 4.66. The maximum absolute atomic E-state index is 11.8. The first-order chi connectivity index (χ1) is 11.1. The van der Waals surface area contributed by atoms with Crippen LogP contribution < -0.4 is 5.32 Å². The van der Waals surface area contributed by atoms with Crippen LogP contribution in [0.2, 0.25) is 0 Å². The highest BCUT2D eigenvalue weighted by Gasteiger charge is 2.27. The molecule has 1 aliphatic rings. The summed E-state index contributed by atoms with van der Waals surface area (Å²) >= 11 is 0. The van der Waals surface area contributed by atoms with Crippen molar-refractivity contribution >= 4 is 11.6 Å². The number of pyridine rings is 1. The second kappa shape index (κ2) is 6.71. The van der Waals surface area contributed by atoms with Gasteiger partial charge in [0.2, 0.25) is 5.91 Å². The minimum Gasteiger partial charge on any atom is -0.342 e. The van der Waals surface area contributed by atoms with Gasteiger partial charge in [-0.1, -0.05) is 13.8 Å². The third kappa shape index (κ3) is 3.39. The van der Waals surface area contributed by atoms with Gasteiger partial charge in [0, 0.05) is 38.3 Å². The fourth-order valence-electron chi connectivity index (χ4n) is 3.40. The van der Waals surface area contributed by atoms with Gasteiger partial charge in [-0.3, -0.25) is 4.79 Å². The Kier molecular flexibility index (Phi) is 4.66. The zero-order chi connectivity index (χ0) is 16.4. The van der Waals surface area contributed by atoms with E-state index < -0.39 is 0 Å². The van der Waals surface area contributed by atoms with E-state index in [-0.39, 0.29) is 5.91 Å². The van der Waals surface area contributed by atoms with Crippen molar-refractivity contribution in [1.82, 2.24) is 19.6 Å². The van der Waals surface area contributed by atoms with Crippen molar-refractivity contribution in [2.45, 2.75) is 46.2 Å². The molecule has 23 heavy (non-hydrogen) atoms. The monoisotopic (exact) mass is 314 g/mol. The van der Waals surface area contributed by atoms with Crippen molar-refractivity contribution < 1.29 is 4.79 Å². The Balaban J connectivity index is 1.61. The average Bonchev–Trinajstić information content (AvgIpc) is 2.95. The number of hydrogen-bond donors (Lipinski definition) is 1. The third-order valence-corrected chi connectivity index (χ3v) is 4.85. The molecule has 1 amide bonds. The van der Waals surface area contributed by atoms with Gasteiger partial charge in [0.25, 0.3) is 0 Å². The number of rotatable bonds is 4. The minimum atomic E-state index is 0.271. The quantitative estimate of drug-likeness (QED) is 0.942. The first-order valence-electron chi connectivity index (χ1n) is 8.52. The topological polar surface area (TPSA) is 49.6 Å². The van der Waals surface area contributed by atoms with E-state index in [0.717, 1.165) is 31.7 Å². The van der Waals surface area contributed by atoms with E-state index >= 15 is 0 Å². The summed E-state index contributed by atoms with van der Waals surface area (Å²) in [5.41, 5.74) is 3.40. The van der Waals surface area contributed by atoms with Crippen LogP contribution in [-0.2, 0) is 11.3 Å². The van der Waals surface area contributed by atoms with Crippen LogP contribution in [0.15, 0.2) is 24.5 Å². The molecular weight excluding hydrogens is 288 g/mol. The molecule has 3 heterocycles. The largest absolute Gasteiger partial charge is 0.342 e. The number of aromatic nitrogens is 2. The lowest BCUT2D eigenvalue weighted by Crippen LogP contribution is -2.49. The average molecular weight is 314 g/mol. The van der Waals surface area contributed by atoms with Crippen LogP contribution in [0.4, 0.5) is 0 Å². The molecule has 3 rings (SSSR count). The van der Waals surface area contributed by atoms with E-state index in [4.69, 9.17) is 0 Å². The van der Waals surface area contributed by atoms with Gasteiger partial charge < -0.3 is 14.6 Å². The van der Waals surface area contributed by atoms with Crippen LogP contribution in [0, 0.1) is 12.8 Å². The summed E-state index contributed by atoms with van der Waals surface area (Å²) in [6.07, 6.45) is 5.65. The van der Waals surface area contributed by atoms with Crippen molar-refractivity contribution in [3.63, 3.8) is 0 Å². The van der Waals surface area contributed by atoms with Gasteiger partial charge in [-0.15, -0.1) is 0 Å². The molecule has 0 bridgehead atoms. The number of fused-ring (bicyclic) bond motifs is 1. The molecule has 124 valence electrons. The molecule has 5 nitrogen and oxygen atoms in total. The molecule has 0 aromatic carbocycles. The molecule has 0 saturated carbocycles. The first-order valence-corrected chi connectivity index (χ1v) is 8.52. The van der Waals surface area contributed by atoms with Gasteiger partial charge in [0.15, 0.2) is 0 Å². The van der Waals surface area contributed by atoms with E-state index in [0.29, 0.717) is 18.4 Å². The summed E-state index contributed by atoms with van der Waals surface area (Å²) in [6.45, 7) is 8.77. The zero-order valence-corrected chi connectivity index (χ0v) is 14.2. The van der Waals surface area contributed by atoms with Gasteiger partial charge in [0.05, 0.1) is 11.9 Å². The number of likely N-dealkylation sites (tertiary alicyclic amines) is 1. The number of amides is 1. The Morgan fingerprint density at radius 1 is 1.48 bits per heavy atom.